The number of carbonyl (C=O) groups is 2. The predicted octanol–water partition coefficient (Wildman–Crippen LogP) is 2.27. The number of amides is 1. The summed E-state index contributed by atoms with van der Waals surface area (Å²) in [6, 6.07) is 1.81. The van der Waals surface area contributed by atoms with E-state index in [1.54, 1.807) is 0 Å². The lowest BCUT2D eigenvalue weighted by Crippen LogP contribution is -2.40. The van der Waals surface area contributed by atoms with Crippen molar-refractivity contribution >= 4 is 11.9 Å². The van der Waals surface area contributed by atoms with Gasteiger partial charge < -0.3 is 15.2 Å². The van der Waals surface area contributed by atoms with Crippen molar-refractivity contribution in [3.63, 3.8) is 0 Å². The summed E-state index contributed by atoms with van der Waals surface area (Å²) in [7, 11) is 0. The van der Waals surface area contributed by atoms with Crippen LogP contribution < -0.4 is 10.1 Å². The minimum Gasteiger partial charge on any atom is -0.481 e. The Morgan fingerprint density at radius 3 is 2.43 bits per heavy atom. The Balaban J connectivity index is 2.94. The molecule has 2 atom stereocenters. The molecule has 1 rings (SSSR count). The van der Waals surface area contributed by atoms with Crippen LogP contribution in [-0.2, 0) is 4.79 Å². The van der Waals surface area contributed by atoms with E-state index in [4.69, 9.17) is 5.11 Å². The lowest BCUT2D eigenvalue weighted by Gasteiger charge is -2.18. The Bertz CT molecular complexity index is 536. The van der Waals surface area contributed by atoms with E-state index in [0.29, 0.717) is 6.07 Å². The smallest absolute Gasteiger partial charge is 0.387 e. The fraction of sp³-hybridized carbons (Fsp3) is 0.385. The summed E-state index contributed by atoms with van der Waals surface area (Å²) in [5.41, 5.74) is -0.305. The predicted molar refractivity (Wildman–Crippen MR) is 66.8 cm³/mol. The number of hydrogen-bond acceptors (Lipinski definition) is 3. The Labute approximate surface area is 118 Å². The first kappa shape index (κ1) is 16.8. The van der Waals surface area contributed by atoms with E-state index in [2.05, 4.69) is 10.1 Å². The molecule has 5 nitrogen and oxygen atoms in total. The van der Waals surface area contributed by atoms with E-state index >= 15 is 0 Å². The highest BCUT2D eigenvalue weighted by Gasteiger charge is 2.23. The summed E-state index contributed by atoms with van der Waals surface area (Å²) in [5, 5.41) is 11.2. The van der Waals surface area contributed by atoms with Crippen LogP contribution in [0.15, 0.2) is 18.2 Å². The molecule has 1 amide bonds. The van der Waals surface area contributed by atoms with Gasteiger partial charge in [0.05, 0.1) is 11.5 Å². The summed E-state index contributed by atoms with van der Waals surface area (Å²) in [6.45, 7) is -0.378. The molecule has 21 heavy (non-hydrogen) atoms. The molecule has 116 valence electrons. The van der Waals surface area contributed by atoms with Crippen LogP contribution in [-0.4, -0.2) is 29.6 Å². The molecule has 1 aromatic carbocycles. The molecule has 0 heterocycles. The second kappa shape index (κ2) is 6.96. The number of carbonyl (C=O) groups excluding carboxylic acids is 1. The standard InChI is InChI=1S/C13H14F3NO4/c1-6(12(19)20)7(2)17-11(18)9-4-3-8(14)5-10(9)21-13(15)16/h3-7,13H,1-2H3,(H,17,18)(H,19,20). The Morgan fingerprint density at radius 1 is 1.29 bits per heavy atom. The first-order valence-electron chi connectivity index (χ1n) is 6.00. The average Bonchev–Trinajstić information content (AvgIpc) is 2.36. The molecule has 0 aliphatic heterocycles. The van der Waals surface area contributed by atoms with Crippen molar-refractivity contribution in [2.75, 3.05) is 0 Å². The van der Waals surface area contributed by atoms with Crippen molar-refractivity contribution in [1.29, 1.82) is 0 Å². The number of ether oxygens (including phenoxy) is 1. The summed E-state index contributed by atoms with van der Waals surface area (Å²) in [6.07, 6.45) is 0. The van der Waals surface area contributed by atoms with E-state index in [0.717, 1.165) is 12.1 Å². The number of rotatable bonds is 6. The second-order valence-corrected chi connectivity index (χ2v) is 4.41. The van der Waals surface area contributed by atoms with E-state index in [-0.39, 0.29) is 5.56 Å². The van der Waals surface area contributed by atoms with Crippen molar-refractivity contribution in [2.24, 2.45) is 5.92 Å². The molecule has 8 heteroatoms. The van der Waals surface area contributed by atoms with Gasteiger partial charge in [-0.2, -0.15) is 8.78 Å². The molecule has 0 bridgehead atoms. The van der Waals surface area contributed by atoms with Crippen molar-refractivity contribution in [2.45, 2.75) is 26.5 Å². The van der Waals surface area contributed by atoms with Gasteiger partial charge >= 0.3 is 12.6 Å². The number of carboxylic acids is 1. The Kier molecular flexibility index (Phi) is 5.57. The molecule has 0 radical (unpaired) electrons. The molecule has 0 spiro atoms. The van der Waals surface area contributed by atoms with Gasteiger partial charge in [0.25, 0.3) is 5.91 Å². The minimum atomic E-state index is -3.21. The summed E-state index contributed by atoms with van der Waals surface area (Å²) < 4.78 is 41.6. The lowest BCUT2D eigenvalue weighted by molar-refractivity contribution is -0.141. The Hall–Kier alpha value is -2.25. The van der Waals surface area contributed by atoms with Gasteiger partial charge in [0.1, 0.15) is 11.6 Å². The number of alkyl halides is 2. The van der Waals surface area contributed by atoms with Gasteiger partial charge in [-0.05, 0) is 26.0 Å². The zero-order valence-electron chi connectivity index (χ0n) is 11.3. The molecule has 0 aromatic heterocycles. The monoisotopic (exact) mass is 305 g/mol. The maximum atomic E-state index is 13.0. The summed E-state index contributed by atoms with van der Waals surface area (Å²) in [5.74, 6) is -4.28. The number of nitrogens with one attached hydrogen (secondary N) is 1. The lowest BCUT2D eigenvalue weighted by atomic mass is 10.0. The largest absolute Gasteiger partial charge is 0.481 e. The highest BCUT2D eigenvalue weighted by atomic mass is 19.3. The maximum Gasteiger partial charge on any atom is 0.387 e. The molecule has 0 fully saturated rings. The first-order chi connectivity index (χ1) is 9.72. The zero-order chi connectivity index (χ0) is 16.2. The van der Waals surface area contributed by atoms with Crippen LogP contribution in [0.25, 0.3) is 0 Å². The van der Waals surface area contributed by atoms with Crippen molar-refractivity contribution in [3.05, 3.63) is 29.6 Å². The van der Waals surface area contributed by atoms with E-state index < -0.39 is 42.0 Å². The van der Waals surface area contributed by atoms with E-state index in [9.17, 15) is 22.8 Å². The molecule has 1 aromatic rings. The molecule has 0 saturated heterocycles. The number of halogens is 3. The molecule has 0 aliphatic carbocycles. The van der Waals surface area contributed by atoms with Gasteiger partial charge in [0.2, 0.25) is 0 Å². The summed E-state index contributed by atoms with van der Waals surface area (Å²) in [4.78, 5) is 22.7. The number of carboxylic acid groups (broad SMARTS) is 1. The SMILES string of the molecule is CC(NC(=O)c1ccc(F)cc1OC(F)F)C(C)C(=O)O. The molecule has 2 N–H and O–H groups in total. The molecular formula is C13H14F3NO4. The van der Waals surface area contributed by atoms with Gasteiger partial charge in [-0.1, -0.05) is 0 Å². The third-order valence-electron chi connectivity index (χ3n) is 2.90. The zero-order valence-corrected chi connectivity index (χ0v) is 11.3. The third kappa shape index (κ3) is 4.66. The van der Waals surface area contributed by atoms with Crippen molar-refractivity contribution in [1.82, 2.24) is 5.32 Å². The first-order valence-corrected chi connectivity index (χ1v) is 6.00. The van der Waals surface area contributed by atoms with Crippen LogP contribution in [0, 0.1) is 11.7 Å². The van der Waals surface area contributed by atoms with Gasteiger partial charge in [0.15, 0.2) is 0 Å². The van der Waals surface area contributed by atoms with E-state index in [1.807, 2.05) is 0 Å². The van der Waals surface area contributed by atoms with Crippen LogP contribution in [0.1, 0.15) is 24.2 Å². The Morgan fingerprint density at radius 2 is 1.90 bits per heavy atom. The van der Waals surface area contributed by atoms with E-state index in [1.165, 1.54) is 13.8 Å². The molecule has 2 unspecified atom stereocenters. The van der Waals surface area contributed by atoms with Crippen molar-refractivity contribution < 1.29 is 32.6 Å². The minimum absolute atomic E-state index is 0.305. The average molecular weight is 305 g/mol. The fourth-order valence-electron chi connectivity index (χ4n) is 1.50. The van der Waals surface area contributed by atoms with Gasteiger partial charge in [0, 0.05) is 12.1 Å². The molecule has 0 saturated carbocycles. The van der Waals surface area contributed by atoms with Gasteiger partial charge in [-0.25, -0.2) is 4.39 Å². The second-order valence-electron chi connectivity index (χ2n) is 4.41. The highest BCUT2D eigenvalue weighted by Crippen LogP contribution is 2.22. The summed E-state index contributed by atoms with van der Waals surface area (Å²) >= 11 is 0. The third-order valence-corrected chi connectivity index (χ3v) is 2.90. The van der Waals surface area contributed by atoms with Crippen LogP contribution in [0.5, 0.6) is 5.75 Å². The molecule has 0 aliphatic rings. The van der Waals surface area contributed by atoms with Crippen LogP contribution in [0.3, 0.4) is 0 Å². The normalized spacial score (nSPS) is 13.6. The van der Waals surface area contributed by atoms with Gasteiger partial charge in [-0.15, -0.1) is 0 Å². The number of benzene rings is 1. The number of hydrogen-bond donors (Lipinski definition) is 2. The fourth-order valence-corrected chi connectivity index (χ4v) is 1.50. The topological polar surface area (TPSA) is 75.6 Å². The quantitative estimate of drug-likeness (QED) is 0.845. The van der Waals surface area contributed by atoms with Crippen LogP contribution >= 0.6 is 0 Å². The van der Waals surface area contributed by atoms with Crippen LogP contribution in [0.4, 0.5) is 13.2 Å². The van der Waals surface area contributed by atoms with Crippen molar-refractivity contribution in [3.8, 4) is 5.75 Å². The van der Waals surface area contributed by atoms with Gasteiger partial charge in [-0.3, -0.25) is 9.59 Å². The number of aliphatic carboxylic acids is 1. The van der Waals surface area contributed by atoms with Crippen LogP contribution in [0.2, 0.25) is 0 Å². The maximum absolute atomic E-state index is 13.0. The highest BCUT2D eigenvalue weighted by molar-refractivity contribution is 5.97. The molecular weight excluding hydrogens is 291 g/mol.